The molecule has 170 valence electrons. The predicted molar refractivity (Wildman–Crippen MR) is 146 cm³/mol. The van der Waals surface area contributed by atoms with Crippen molar-refractivity contribution in [3.05, 3.63) is 107 Å². The average molecular weight is 475 g/mol. The number of imidazole rings is 1. The van der Waals surface area contributed by atoms with E-state index in [0.29, 0.717) is 0 Å². The van der Waals surface area contributed by atoms with Crippen LogP contribution in [0.25, 0.3) is 55.6 Å². The van der Waals surface area contributed by atoms with Gasteiger partial charge in [0.05, 0.1) is 21.7 Å². The van der Waals surface area contributed by atoms with Gasteiger partial charge in [-0.2, -0.15) is 0 Å². The predicted octanol–water partition coefficient (Wildman–Crippen LogP) is 9.03. The van der Waals surface area contributed by atoms with E-state index in [1.807, 2.05) is 18.2 Å². The van der Waals surface area contributed by atoms with Gasteiger partial charge >= 0.3 is 0 Å². The first-order valence-corrected chi connectivity index (χ1v) is 12.2. The highest BCUT2D eigenvalue weighted by Gasteiger charge is 2.23. The van der Waals surface area contributed by atoms with Crippen molar-refractivity contribution in [1.29, 1.82) is 0 Å². The van der Waals surface area contributed by atoms with Gasteiger partial charge in [0.2, 0.25) is 0 Å². The highest BCUT2D eigenvalue weighted by molar-refractivity contribution is 6.35. The molecule has 0 aliphatic heterocycles. The Labute approximate surface area is 207 Å². The number of benzene rings is 4. The molecule has 35 heavy (non-hydrogen) atoms. The van der Waals surface area contributed by atoms with Gasteiger partial charge in [0.15, 0.2) is 5.58 Å². The van der Waals surface area contributed by atoms with Gasteiger partial charge in [-0.15, -0.1) is 0 Å². The molecule has 0 aliphatic carbocycles. The second-order valence-corrected chi connectivity index (χ2v) is 9.82. The van der Waals surface area contributed by atoms with Crippen LogP contribution >= 0.6 is 11.6 Å². The highest BCUT2D eigenvalue weighted by atomic mass is 35.5. The fraction of sp³-hybridized carbons (Fsp3) is 0.0968. The Hall–Kier alpha value is -3.95. The minimum absolute atomic E-state index is 0.740. The summed E-state index contributed by atoms with van der Waals surface area (Å²) in [6.07, 6.45) is 0. The fourth-order valence-corrected chi connectivity index (χ4v) is 5.88. The van der Waals surface area contributed by atoms with Crippen LogP contribution in [0.15, 0.2) is 89.3 Å². The molecule has 0 N–H and O–H groups in total. The van der Waals surface area contributed by atoms with Crippen molar-refractivity contribution in [3.63, 3.8) is 0 Å². The molecule has 0 saturated heterocycles. The smallest absolute Gasteiger partial charge is 0.155 e. The molecule has 0 atom stereocenters. The first kappa shape index (κ1) is 20.4. The number of halogens is 1. The molecule has 0 aliphatic rings. The molecule has 7 aromatic rings. The van der Waals surface area contributed by atoms with Crippen molar-refractivity contribution in [2.75, 3.05) is 0 Å². The SMILES string of the molecule is Cc1cc(-c2ccccc2)c(Cl)c(-n2c3c(C)cc(C)cc3n3c4c(cc23)oc2ccccc24)c1. The van der Waals surface area contributed by atoms with Gasteiger partial charge in [-0.1, -0.05) is 60.1 Å². The minimum Gasteiger partial charge on any atom is -0.454 e. The van der Waals surface area contributed by atoms with Crippen molar-refractivity contribution in [3.8, 4) is 16.8 Å². The number of hydrogen-bond acceptors (Lipinski definition) is 1. The van der Waals surface area contributed by atoms with E-state index in [4.69, 9.17) is 16.0 Å². The number of aromatic nitrogens is 2. The lowest BCUT2D eigenvalue weighted by Gasteiger charge is -2.15. The average Bonchev–Trinajstić information content (AvgIpc) is 3.48. The Balaban J connectivity index is 1.68. The van der Waals surface area contributed by atoms with Crippen LogP contribution in [0.4, 0.5) is 0 Å². The molecule has 4 aromatic carbocycles. The summed E-state index contributed by atoms with van der Waals surface area (Å²) in [7, 11) is 0. The van der Waals surface area contributed by atoms with E-state index in [9.17, 15) is 0 Å². The molecular weight excluding hydrogens is 452 g/mol. The standard InChI is InChI=1S/C31H23ClN2O/c1-18-13-20(3)30-25(16-18)34-28(17-27-31(34)22-11-7-8-12-26(22)35-27)33(30)24-15-19(2)14-23(29(24)32)21-9-5-4-6-10-21/h4-17H,1-3H3. The van der Waals surface area contributed by atoms with Crippen LogP contribution in [0.5, 0.6) is 0 Å². The third-order valence-corrected chi connectivity index (χ3v) is 7.35. The van der Waals surface area contributed by atoms with Gasteiger partial charge in [-0.3, -0.25) is 8.97 Å². The number of furan rings is 1. The van der Waals surface area contributed by atoms with Gasteiger partial charge < -0.3 is 4.42 Å². The summed E-state index contributed by atoms with van der Waals surface area (Å²) in [5.74, 6) is 0. The summed E-state index contributed by atoms with van der Waals surface area (Å²) >= 11 is 7.21. The summed E-state index contributed by atoms with van der Waals surface area (Å²) in [5.41, 5.74) is 12.9. The van der Waals surface area contributed by atoms with Crippen LogP contribution in [0.2, 0.25) is 5.02 Å². The maximum Gasteiger partial charge on any atom is 0.155 e. The lowest BCUT2D eigenvalue weighted by atomic mass is 10.0. The molecule has 0 amide bonds. The second kappa shape index (κ2) is 7.27. The van der Waals surface area contributed by atoms with Crippen LogP contribution in [-0.4, -0.2) is 8.97 Å². The Kier molecular flexibility index (Phi) is 4.24. The molecule has 0 bridgehead atoms. The Morgan fingerprint density at radius 1 is 0.714 bits per heavy atom. The number of nitrogens with zero attached hydrogens (tertiary/aromatic N) is 2. The summed E-state index contributed by atoms with van der Waals surface area (Å²) in [5, 5.41) is 1.85. The van der Waals surface area contributed by atoms with Crippen molar-refractivity contribution in [2.24, 2.45) is 0 Å². The lowest BCUT2D eigenvalue weighted by molar-refractivity contribution is 0.669. The van der Waals surface area contributed by atoms with E-state index < -0.39 is 0 Å². The molecule has 4 heteroatoms. The molecule has 3 nitrogen and oxygen atoms in total. The van der Waals surface area contributed by atoms with Crippen molar-refractivity contribution in [2.45, 2.75) is 20.8 Å². The first-order chi connectivity index (χ1) is 17.0. The largest absolute Gasteiger partial charge is 0.454 e. The van der Waals surface area contributed by atoms with Gasteiger partial charge in [0.25, 0.3) is 0 Å². The number of para-hydroxylation sites is 1. The topological polar surface area (TPSA) is 22.5 Å². The van der Waals surface area contributed by atoms with Crippen molar-refractivity contribution in [1.82, 2.24) is 8.97 Å². The normalized spacial score (nSPS) is 12.0. The highest BCUT2D eigenvalue weighted by Crippen LogP contribution is 2.41. The molecule has 0 unspecified atom stereocenters. The zero-order chi connectivity index (χ0) is 23.8. The number of aryl methyl sites for hydroxylation is 3. The maximum absolute atomic E-state index is 7.21. The van der Waals surface area contributed by atoms with Gasteiger partial charge in [0.1, 0.15) is 16.7 Å². The summed E-state index contributed by atoms with van der Waals surface area (Å²) in [6, 6.07) is 29.6. The van der Waals surface area contributed by atoms with E-state index in [-0.39, 0.29) is 0 Å². The zero-order valence-corrected chi connectivity index (χ0v) is 20.5. The van der Waals surface area contributed by atoms with E-state index in [1.165, 1.54) is 11.1 Å². The molecule has 0 saturated carbocycles. The second-order valence-electron chi connectivity index (χ2n) is 9.45. The monoisotopic (exact) mass is 474 g/mol. The molecule has 7 rings (SSSR count). The fourth-order valence-electron chi connectivity index (χ4n) is 5.58. The molecule has 0 radical (unpaired) electrons. The Morgan fingerprint density at radius 2 is 1.46 bits per heavy atom. The Bertz CT molecular complexity index is 1940. The van der Waals surface area contributed by atoms with E-state index in [0.717, 1.165) is 66.1 Å². The third kappa shape index (κ3) is 2.85. The molecule has 0 fully saturated rings. The van der Waals surface area contributed by atoms with Crippen LogP contribution < -0.4 is 0 Å². The molecule has 0 spiro atoms. The minimum atomic E-state index is 0.740. The summed E-state index contributed by atoms with van der Waals surface area (Å²) in [4.78, 5) is 0. The number of rotatable bonds is 2. The van der Waals surface area contributed by atoms with Crippen LogP contribution in [0.3, 0.4) is 0 Å². The Morgan fingerprint density at radius 3 is 2.29 bits per heavy atom. The number of hydrogen-bond donors (Lipinski definition) is 0. The van der Waals surface area contributed by atoms with E-state index >= 15 is 0 Å². The summed E-state index contributed by atoms with van der Waals surface area (Å²) in [6.45, 7) is 6.46. The van der Waals surface area contributed by atoms with Gasteiger partial charge in [-0.25, -0.2) is 0 Å². The van der Waals surface area contributed by atoms with Crippen molar-refractivity contribution < 1.29 is 4.42 Å². The van der Waals surface area contributed by atoms with Crippen LogP contribution in [0, 0.1) is 20.8 Å². The third-order valence-electron chi connectivity index (χ3n) is 6.95. The number of fused-ring (bicyclic) bond motifs is 7. The zero-order valence-electron chi connectivity index (χ0n) is 19.8. The summed E-state index contributed by atoms with van der Waals surface area (Å²) < 4.78 is 10.9. The molecule has 3 aromatic heterocycles. The first-order valence-electron chi connectivity index (χ1n) is 11.8. The molecular formula is C31H23ClN2O. The van der Waals surface area contributed by atoms with Gasteiger partial charge in [0, 0.05) is 17.0 Å². The van der Waals surface area contributed by atoms with Crippen LogP contribution in [-0.2, 0) is 0 Å². The quantitative estimate of drug-likeness (QED) is 0.245. The van der Waals surface area contributed by atoms with Gasteiger partial charge in [-0.05, 0) is 73.4 Å². The van der Waals surface area contributed by atoms with Crippen molar-refractivity contribution >= 4 is 50.4 Å². The van der Waals surface area contributed by atoms with E-state index in [2.05, 4.69) is 96.5 Å². The van der Waals surface area contributed by atoms with E-state index in [1.54, 1.807) is 0 Å². The van der Waals surface area contributed by atoms with Crippen LogP contribution in [0.1, 0.15) is 16.7 Å². The maximum atomic E-state index is 7.21. The molecule has 3 heterocycles. The lowest BCUT2D eigenvalue weighted by Crippen LogP contribution is -1.99.